The van der Waals surface area contributed by atoms with Crippen LogP contribution in [-0.4, -0.2) is 20.9 Å². The van der Waals surface area contributed by atoms with Crippen LogP contribution < -0.4 is 10.0 Å². The van der Waals surface area contributed by atoms with Crippen LogP contribution in [0.3, 0.4) is 0 Å². The average molecular weight is 358 g/mol. The summed E-state index contributed by atoms with van der Waals surface area (Å²) >= 11 is 0. The minimum absolute atomic E-state index is 0.0178. The molecule has 5 nitrogen and oxygen atoms in total. The smallest absolute Gasteiger partial charge is 0.241 e. The van der Waals surface area contributed by atoms with E-state index in [2.05, 4.69) is 5.32 Å². The Balaban J connectivity index is 2.01. The maximum absolute atomic E-state index is 13.2. The monoisotopic (exact) mass is 358 g/mol. The van der Waals surface area contributed by atoms with E-state index < -0.39 is 39.9 Å². The zero-order valence-electron chi connectivity index (χ0n) is 12.4. The number of halogens is 3. The third kappa shape index (κ3) is 4.33. The molecule has 0 aliphatic heterocycles. The van der Waals surface area contributed by atoms with E-state index in [0.717, 1.165) is 36.4 Å². The van der Waals surface area contributed by atoms with Gasteiger partial charge in [-0.05, 0) is 42.8 Å². The Morgan fingerprint density at radius 3 is 2.29 bits per heavy atom. The lowest BCUT2D eigenvalue weighted by atomic mass is 10.2. The van der Waals surface area contributed by atoms with Gasteiger partial charge in [0.1, 0.15) is 5.82 Å². The number of aryl methyl sites for hydroxylation is 1. The van der Waals surface area contributed by atoms with Gasteiger partial charge in [-0.1, -0.05) is 0 Å². The molecule has 2 aromatic carbocycles. The molecule has 9 heteroatoms. The molecule has 2 N–H and O–H groups in total. The summed E-state index contributed by atoms with van der Waals surface area (Å²) < 4.78 is 65.1. The topological polar surface area (TPSA) is 75.3 Å². The summed E-state index contributed by atoms with van der Waals surface area (Å²) in [5, 5.41) is 2.22. The number of amides is 1. The van der Waals surface area contributed by atoms with Crippen molar-refractivity contribution in [3.05, 3.63) is 59.4 Å². The number of hydrogen-bond acceptors (Lipinski definition) is 3. The van der Waals surface area contributed by atoms with Gasteiger partial charge in [0.2, 0.25) is 15.9 Å². The van der Waals surface area contributed by atoms with Crippen molar-refractivity contribution in [1.82, 2.24) is 4.72 Å². The van der Waals surface area contributed by atoms with Gasteiger partial charge in [-0.3, -0.25) is 4.79 Å². The lowest BCUT2D eigenvalue weighted by molar-refractivity contribution is -0.115. The predicted molar refractivity (Wildman–Crippen MR) is 81.3 cm³/mol. The number of hydrogen-bond donors (Lipinski definition) is 2. The Labute approximate surface area is 136 Å². The van der Waals surface area contributed by atoms with E-state index in [1.54, 1.807) is 0 Å². The van der Waals surface area contributed by atoms with E-state index in [-0.39, 0.29) is 16.1 Å². The Morgan fingerprint density at radius 2 is 1.67 bits per heavy atom. The van der Waals surface area contributed by atoms with Crippen molar-refractivity contribution in [3.8, 4) is 0 Å². The third-order valence-corrected chi connectivity index (χ3v) is 4.46. The van der Waals surface area contributed by atoms with Crippen molar-refractivity contribution in [2.24, 2.45) is 0 Å². The fraction of sp³-hybridized carbons (Fsp3) is 0.133. The molecular weight excluding hydrogens is 345 g/mol. The van der Waals surface area contributed by atoms with Gasteiger partial charge in [0.25, 0.3) is 0 Å². The highest BCUT2D eigenvalue weighted by Gasteiger charge is 2.17. The summed E-state index contributed by atoms with van der Waals surface area (Å²) in [6.07, 6.45) is 0. The van der Waals surface area contributed by atoms with Gasteiger partial charge in [-0.25, -0.2) is 26.3 Å². The van der Waals surface area contributed by atoms with Crippen LogP contribution in [-0.2, 0) is 14.8 Å². The second-order valence-corrected chi connectivity index (χ2v) is 6.68. The summed E-state index contributed by atoms with van der Waals surface area (Å²) in [5.74, 6) is -3.54. The normalized spacial score (nSPS) is 11.3. The first-order valence-corrected chi connectivity index (χ1v) is 8.18. The minimum atomic E-state index is -4.01. The number of carbonyl (C=O) groups excluding carboxylic acids is 1. The minimum Gasteiger partial charge on any atom is -0.325 e. The van der Waals surface area contributed by atoms with Crippen molar-refractivity contribution in [3.63, 3.8) is 0 Å². The molecule has 2 aromatic rings. The van der Waals surface area contributed by atoms with E-state index in [1.807, 2.05) is 4.72 Å². The largest absolute Gasteiger partial charge is 0.325 e. The summed E-state index contributed by atoms with van der Waals surface area (Å²) in [6, 6.07) is 5.93. The van der Waals surface area contributed by atoms with E-state index in [9.17, 15) is 26.4 Å². The molecule has 0 aliphatic carbocycles. The lowest BCUT2D eigenvalue weighted by Gasteiger charge is -2.09. The van der Waals surface area contributed by atoms with Crippen LogP contribution in [0.5, 0.6) is 0 Å². The van der Waals surface area contributed by atoms with E-state index in [0.29, 0.717) is 0 Å². The first-order chi connectivity index (χ1) is 11.2. The molecule has 0 atom stereocenters. The summed E-state index contributed by atoms with van der Waals surface area (Å²) in [4.78, 5) is 11.5. The maximum Gasteiger partial charge on any atom is 0.241 e. The molecule has 0 unspecified atom stereocenters. The second-order valence-electron chi connectivity index (χ2n) is 4.91. The molecule has 0 saturated carbocycles. The molecule has 2 rings (SSSR count). The van der Waals surface area contributed by atoms with Gasteiger partial charge in [0.15, 0.2) is 11.6 Å². The maximum atomic E-state index is 13.2. The van der Waals surface area contributed by atoms with Crippen LogP contribution >= 0.6 is 0 Å². The second kappa shape index (κ2) is 7.02. The highest BCUT2D eigenvalue weighted by Crippen LogP contribution is 2.15. The Kier molecular flexibility index (Phi) is 5.25. The Morgan fingerprint density at radius 1 is 1.00 bits per heavy atom. The van der Waals surface area contributed by atoms with E-state index in [1.165, 1.54) is 6.92 Å². The van der Waals surface area contributed by atoms with E-state index in [4.69, 9.17) is 0 Å². The lowest BCUT2D eigenvalue weighted by Crippen LogP contribution is -2.33. The quantitative estimate of drug-likeness (QED) is 0.861. The zero-order chi connectivity index (χ0) is 17.9. The molecule has 0 spiro atoms. The van der Waals surface area contributed by atoms with Crippen molar-refractivity contribution < 1.29 is 26.4 Å². The first kappa shape index (κ1) is 18.0. The van der Waals surface area contributed by atoms with Crippen molar-refractivity contribution in [2.75, 3.05) is 11.9 Å². The summed E-state index contributed by atoms with van der Waals surface area (Å²) in [6.45, 7) is 0.780. The number of sulfonamides is 1. The average Bonchev–Trinajstić information content (AvgIpc) is 2.52. The molecule has 0 fully saturated rings. The number of benzene rings is 2. The molecule has 0 heterocycles. The SMILES string of the molecule is Cc1cc(S(=O)(=O)NCC(=O)Nc2ccc(F)c(F)c2)ccc1F. The van der Waals surface area contributed by atoms with Crippen LogP contribution in [0.1, 0.15) is 5.56 Å². The number of anilines is 1. The van der Waals surface area contributed by atoms with Gasteiger partial charge >= 0.3 is 0 Å². The predicted octanol–water partition coefficient (Wildman–Crippen LogP) is 2.33. The standard InChI is InChI=1S/C15H13F3N2O3S/c1-9-6-11(3-5-12(9)16)24(22,23)19-8-15(21)20-10-2-4-13(17)14(18)7-10/h2-7,19H,8H2,1H3,(H,20,21). The fourth-order valence-corrected chi connectivity index (χ4v) is 2.87. The molecule has 0 saturated heterocycles. The summed E-state index contributed by atoms with van der Waals surface area (Å²) in [5.41, 5.74) is 0.125. The van der Waals surface area contributed by atoms with Crippen LogP contribution in [0.15, 0.2) is 41.3 Å². The van der Waals surface area contributed by atoms with E-state index >= 15 is 0 Å². The van der Waals surface area contributed by atoms with Gasteiger partial charge < -0.3 is 5.32 Å². The van der Waals surface area contributed by atoms with Gasteiger partial charge in [0, 0.05) is 11.8 Å². The van der Waals surface area contributed by atoms with Gasteiger partial charge in [0.05, 0.1) is 11.4 Å². The highest BCUT2D eigenvalue weighted by molar-refractivity contribution is 7.89. The number of nitrogens with one attached hydrogen (secondary N) is 2. The van der Waals surface area contributed by atoms with Crippen LogP contribution in [0, 0.1) is 24.4 Å². The molecule has 0 aliphatic rings. The molecule has 0 radical (unpaired) electrons. The molecule has 0 bridgehead atoms. The Bertz CT molecular complexity index is 886. The van der Waals surface area contributed by atoms with Crippen molar-refractivity contribution in [1.29, 1.82) is 0 Å². The fourth-order valence-electron chi connectivity index (χ4n) is 1.81. The van der Waals surface area contributed by atoms with Crippen LogP contribution in [0.25, 0.3) is 0 Å². The Hall–Kier alpha value is -2.39. The highest BCUT2D eigenvalue weighted by atomic mass is 32.2. The molecular formula is C15H13F3N2O3S. The van der Waals surface area contributed by atoms with Crippen molar-refractivity contribution in [2.45, 2.75) is 11.8 Å². The van der Waals surface area contributed by atoms with Crippen LogP contribution in [0.2, 0.25) is 0 Å². The molecule has 128 valence electrons. The number of carbonyl (C=O) groups is 1. The third-order valence-electron chi connectivity index (χ3n) is 3.07. The first-order valence-electron chi connectivity index (χ1n) is 6.70. The zero-order valence-corrected chi connectivity index (χ0v) is 13.3. The van der Waals surface area contributed by atoms with Crippen molar-refractivity contribution >= 4 is 21.6 Å². The molecule has 1 amide bonds. The molecule has 0 aromatic heterocycles. The van der Waals surface area contributed by atoms with Gasteiger partial charge in [-0.15, -0.1) is 0 Å². The summed E-state index contributed by atoms with van der Waals surface area (Å²) in [7, 11) is -4.01. The number of rotatable bonds is 5. The van der Waals surface area contributed by atoms with Crippen LogP contribution in [0.4, 0.5) is 18.9 Å². The van der Waals surface area contributed by atoms with Gasteiger partial charge in [-0.2, -0.15) is 0 Å². The molecule has 24 heavy (non-hydrogen) atoms.